The number of fused-ring (bicyclic) bond motifs is 1. The highest BCUT2D eigenvalue weighted by molar-refractivity contribution is 6.33. The number of benzene rings is 1. The van der Waals surface area contributed by atoms with Crippen molar-refractivity contribution in [3.05, 3.63) is 22.7 Å². The first-order valence-corrected chi connectivity index (χ1v) is 7.04. The second-order valence-electron chi connectivity index (χ2n) is 5.18. The number of hydrogen-bond donors (Lipinski definition) is 2. The highest BCUT2D eigenvalue weighted by Gasteiger charge is 2.20. The topological polar surface area (TPSA) is 50.4 Å². The maximum Gasteiger partial charge on any atom is 0.228 e. The Hall–Kier alpha value is -1.26. The van der Waals surface area contributed by atoms with Gasteiger partial charge < -0.3 is 15.4 Å². The molecule has 0 spiro atoms. The van der Waals surface area contributed by atoms with Crippen LogP contribution in [0.15, 0.2) is 12.1 Å². The Morgan fingerprint density at radius 1 is 1.47 bits per heavy atom. The van der Waals surface area contributed by atoms with E-state index in [9.17, 15) is 4.79 Å². The molecule has 2 aliphatic heterocycles. The number of halogens is 1. The highest BCUT2D eigenvalue weighted by atomic mass is 35.5. The molecule has 1 unspecified atom stereocenters. The molecule has 3 rings (SSSR count). The zero-order valence-corrected chi connectivity index (χ0v) is 11.4. The summed E-state index contributed by atoms with van der Waals surface area (Å²) in [7, 11) is 0. The fourth-order valence-electron chi connectivity index (χ4n) is 2.61. The van der Waals surface area contributed by atoms with Crippen molar-refractivity contribution in [2.24, 2.45) is 5.92 Å². The van der Waals surface area contributed by atoms with E-state index in [-0.39, 0.29) is 5.91 Å². The van der Waals surface area contributed by atoms with Gasteiger partial charge in [0.2, 0.25) is 5.91 Å². The molecule has 1 fully saturated rings. The molecule has 5 heteroatoms. The van der Waals surface area contributed by atoms with E-state index in [1.165, 1.54) is 6.42 Å². The molecule has 1 aromatic carbocycles. The molecular weight excluding hydrogens is 264 g/mol. The summed E-state index contributed by atoms with van der Waals surface area (Å²) < 4.78 is 5.46. The van der Waals surface area contributed by atoms with Gasteiger partial charge in [-0.15, -0.1) is 0 Å². The Morgan fingerprint density at radius 2 is 2.37 bits per heavy atom. The van der Waals surface area contributed by atoms with Crippen LogP contribution in [-0.4, -0.2) is 25.7 Å². The molecule has 2 heterocycles. The van der Waals surface area contributed by atoms with Gasteiger partial charge in [-0.2, -0.15) is 0 Å². The molecule has 2 N–H and O–H groups in total. The lowest BCUT2D eigenvalue weighted by molar-refractivity contribution is -0.115. The summed E-state index contributed by atoms with van der Waals surface area (Å²) in [5.74, 6) is 0.571. The van der Waals surface area contributed by atoms with E-state index in [4.69, 9.17) is 16.3 Å². The lowest BCUT2D eigenvalue weighted by atomic mass is 10.0. The van der Waals surface area contributed by atoms with Crippen LogP contribution in [0, 0.1) is 5.92 Å². The van der Waals surface area contributed by atoms with E-state index < -0.39 is 0 Å². The Labute approximate surface area is 117 Å². The van der Waals surface area contributed by atoms with Crippen molar-refractivity contribution in [3.63, 3.8) is 0 Å². The summed E-state index contributed by atoms with van der Waals surface area (Å²) in [6, 6.07) is 3.79. The van der Waals surface area contributed by atoms with Gasteiger partial charge in [0.1, 0.15) is 0 Å². The van der Waals surface area contributed by atoms with Gasteiger partial charge in [-0.05, 0) is 36.5 Å². The number of hydrogen-bond acceptors (Lipinski definition) is 3. The quantitative estimate of drug-likeness (QED) is 0.895. The van der Waals surface area contributed by atoms with Gasteiger partial charge in [-0.1, -0.05) is 11.6 Å². The van der Waals surface area contributed by atoms with Gasteiger partial charge >= 0.3 is 0 Å². The van der Waals surface area contributed by atoms with Gasteiger partial charge in [0.15, 0.2) is 0 Å². The van der Waals surface area contributed by atoms with Crippen LogP contribution in [-0.2, 0) is 16.0 Å². The number of carbonyl (C=O) groups is 1. The molecule has 19 heavy (non-hydrogen) atoms. The number of anilines is 2. The van der Waals surface area contributed by atoms with Crippen LogP contribution in [0.2, 0.25) is 5.02 Å². The number of carbonyl (C=O) groups excluding carboxylic acids is 1. The minimum atomic E-state index is 0.0314. The molecule has 0 saturated carbocycles. The first-order valence-electron chi connectivity index (χ1n) is 6.66. The summed E-state index contributed by atoms with van der Waals surface area (Å²) in [5, 5.41) is 6.83. The average Bonchev–Trinajstić information content (AvgIpc) is 2.76. The van der Waals surface area contributed by atoms with Gasteiger partial charge in [-0.25, -0.2) is 0 Å². The van der Waals surface area contributed by atoms with Crippen molar-refractivity contribution >= 4 is 28.9 Å². The molecule has 0 bridgehead atoms. The normalized spacial score (nSPS) is 21.9. The first kappa shape index (κ1) is 12.8. The van der Waals surface area contributed by atoms with E-state index in [0.717, 1.165) is 43.1 Å². The molecule has 0 radical (unpaired) electrons. The van der Waals surface area contributed by atoms with Crippen LogP contribution in [0.5, 0.6) is 0 Å². The summed E-state index contributed by atoms with van der Waals surface area (Å²) in [4.78, 5) is 11.3. The van der Waals surface area contributed by atoms with Gasteiger partial charge in [0.05, 0.1) is 23.7 Å². The predicted octanol–water partition coefficient (Wildman–Crippen LogP) is 2.67. The number of nitrogens with one attached hydrogen (secondary N) is 2. The minimum Gasteiger partial charge on any atom is -0.383 e. The molecule has 2 aliphatic rings. The van der Waals surface area contributed by atoms with Crippen molar-refractivity contribution in [2.45, 2.75) is 19.3 Å². The molecule has 1 aromatic rings. The summed E-state index contributed by atoms with van der Waals surface area (Å²) in [5.41, 5.74) is 2.75. The summed E-state index contributed by atoms with van der Waals surface area (Å²) in [6.07, 6.45) is 2.76. The van der Waals surface area contributed by atoms with Gasteiger partial charge in [0.25, 0.3) is 0 Å². The van der Waals surface area contributed by atoms with E-state index in [1.807, 2.05) is 12.1 Å². The van der Waals surface area contributed by atoms with Gasteiger partial charge in [-0.3, -0.25) is 4.79 Å². The smallest absolute Gasteiger partial charge is 0.228 e. The Kier molecular flexibility index (Phi) is 3.62. The van der Waals surface area contributed by atoms with Crippen LogP contribution in [0.1, 0.15) is 18.4 Å². The van der Waals surface area contributed by atoms with Crippen LogP contribution >= 0.6 is 11.6 Å². The Balaban J connectivity index is 1.67. The van der Waals surface area contributed by atoms with Crippen LogP contribution in [0.4, 0.5) is 11.4 Å². The third kappa shape index (κ3) is 2.85. The van der Waals surface area contributed by atoms with Gasteiger partial charge in [0, 0.05) is 18.8 Å². The summed E-state index contributed by atoms with van der Waals surface area (Å²) >= 11 is 6.23. The number of rotatable bonds is 3. The molecule has 1 saturated heterocycles. The summed E-state index contributed by atoms with van der Waals surface area (Å²) in [6.45, 7) is 2.55. The second kappa shape index (κ2) is 5.39. The van der Waals surface area contributed by atoms with Crippen molar-refractivity contribution in [2.75, 3.05) is 30.4 Å². The molecule has 0 aliphatic carbocycles. The fourth-order valence-corrected chi connectivity index (χ4v) is 2.84. The number of amides is 1. The van der Waals surface area contributed by atoms with E-state index >= 15 is 0 Å². The van der Waals surface area contributed by atoms with Crippen molar-refractivity contribution in [1.82, 2.24) is 0 Å². The highest BCUT2D eigenvalue weighted by Crippen LogP contribution is 2.33. The zero-order chi connectivity index (χ0) is 13.2. The fraction of sp³-hybridized carbons (Fsp3) is 0.500. The standard InChI is InChI=1S/C14H17ClN2O2/c15-11-6-12-10(5-14(18)17-12)4-13(11)16-7-9-2-1-3-19-8-9/h4,6,9,16H,1-3,5,7-8H2,(H,17,18). The Bertz CT molecular complexity index is 498. The molecule has 1 atom stereocenters. The van der Waals surface area contributed by atoms with Crippen LogP contribution in [0.3, 0.4) is 0 Å². The largest absolute Gasteiger partial charge is 0.383 e. The molecule has 4 nitrogen and oxygen atoms in total. The SMILES string of the molecule is O=C1Cc2cc(NCC3CCCOC3)c(Cl)cc2N1. The van der Waals surface area contributed by atoms with E-state index in [2.05, 4.69) is 10.6 Å². The maximum absolute atomic E-state index is 11.3. The van der Waals surface area contributed by atoms with E-state index in [0.29, 0.717) is 17.4 Å². The molecule has 1 amide bonds. The van der Waals surface area contributed by atoms with Crippen LogP contribution < -0.4 is 10.6 Å². The zero-order valence-electron chi connectivity index (χ0n) is 10.7. The van der Waals surface area contributed by atoms with Crippen molar-refractivity contribution < 1.29 is 9.53 Å². The minimum absolute atomic E-state index is 0.0314. The third-order valence-electron chi connectivity index (χ3n) is 3.65. The average molecular weight is 281 g/mol. The third-order valence-corrected chi connectivity index (χ3v) is 3.97. The number of ether oxygens (including phenoxy) is 1. The molecule has 102 valence electrons. The lowest BCUT2D eigenvalue weighted by Crippen LogP contribution is -2.24. The van der Waals surface area contributed by atoms with E-state index in [1.54, 1.807) is 0 Å². The van der Waals surface area contributed by atoms with Crippen molar-refractivity contribution in [3.8, 4) is 0 Å². The van der Waals surface area contributed by atoms with Crippen LogP contribution in [0.25, 0.3) is 0 Å². The maximum atomic E-state index is 11.3. The monoisotopic (exact) mass is 280 g/mol. The predicted molar refractivity (Wildman–Crippen MR) is 75.8 cm³/mol. The molecule has 0 aromatic heterocycles. The second-order valence-corrected chi connectivity index (χ2v) is 5.59. The van der Waals surface area contributed by atoms with Crippen molar-refractivity contribution in [1.29, 1.82) is 0 Å². The first-order chi connectivity index (χ1) is 9.22. The molecular formula is C14H17ClN2O2. The Morgan fingerprint density at radius 3 is 3.16 bits per heavy atom. The lowest BCUT2D eigenvalue weighted by Gasteiger charge is -2.23.